The lowest BCUT2D eigenvalue weighted by Gasteiger charge is -2.21. The third-order valence-electron chi connectivity index (χ3n) is 3.12. The molecule has 0 radical (unpaired) electrons. The summed E-state index contributed by atoms with van der Waals surface area (Å²) in [5, 5.41) is 3.55. The number of rotatable bonds is 7. The molecule has 1 aromatic carbocycles. The van der Waals surface area contributed by atoms with Crippen molar-refractivity contribution in [3.05, 3.63) is 48.0 Å². The quantitative estimate of drug-likeness (QED) is 0.553. The van der Waals surface area contributed by atoms with Gasteiger partial charge in [-0.05, 0) is 37.3 Å². The zero-order chi connectivity index (χ0) is 12.5. The molecule has 1 heteroatoms. The summed E-state index contributed by atoms with van der Waals surface area (Å²) in [5.41, 5.74) is 1.45. The molecular formula is C16H25N. The zero-order valence-electron chi connectivity index (χ0n) is 11.3. The molecule has 17 heavy (non-hydrogen) atoms. The topological polar surface area (TPSA) is 12.0 Å². The highest BCUT2D eigenvalue weighted by atomic mass is 14.9. The molecule has 0 spiro atoms. The van der Waals surface area contributed by atoms with E-state index in [4.69, 9.17) is 0 Å². The van der Waals surface area contributed by atoms with Crippen molar-refractivity contribution in [2.24, 2.45) is 5.92 Å². The minimum absolute atomic E-state index is 0.613. The van der Waals surface area contributed by atoms with Crippen LogP contribution in [0.2, 0.25) is 0 Å². The monoisotopic (exact) mass is 231 g/mol. The lowest BCUT2D eigenvalue weighted by Crippen LogP contribution is -2.25. The van der Waals surface area contributed by atoms with Crippen LogP contribution in [-0.4, -0.2) is 13.1 Å². The van der Waals surface area contributed by atoms with Gasteiger partial charge in [-0.3, -0.25) is 0 Å². The van der Waals surface area contributed by atoms with E-state index in [1.807, 2.05) is 0 Å². The summed E-state index contributed by atoms with van der Waals surface area (Å²) in [5.74, 6) is 1.29. The first kappa shape index (κ1) is 14.0. The Labute approximate surface area is 106 Å². The Morgan fingerprint density at radius 1 is 1.18 bits per heavy atom. The fraction of sp³-hybridized carbons (Fsp3) is 0.500. The normalized spacial score (nSPS) is 13.4. The Balaban J connectivity index is 2.45. The molecule has 1 N–H and O–H groups in total. The molecule has 1 atom stereocenters. The summed E-state index contributed by atoms with van der Waals surface area (Å²) in [6.45, 7) is 8.80. The third-order valence-corrected chi connectivity index (χ3v) is 3.12. The van der Waals surface area contributed by atoms with Crippen LogP contribution in [0.15, 0.2) is 42.5 Å². The van der Waals surface area contributed by atoms with Gasteiger partial charge >= 0.3 is 0 Å². The fourth-order valence-electron chi connectivity index (χ4n) is 2.05. The van der Waals surface area contributed by atoms with Gasteiger partial charge in [0.2, 0.25) is 0 Å². The molecule has 0 heterocycles. The zero-order valence-corrected chi connectivity index (χ0v) is 11.3. The maximum Gasteiger partial charge on any atom is 0.00227 e. The third kappa shape index (κ3) is 5.18. The molecule has 1 aromatic rings. The van der Waals surface area contributed by atoms with E-state index < -0.39 is 0 Å². The highest BCUT2D eigenvalue weighted by Gasteiger charge is 2.14. The van der Waals surface area contributed by atoms with Crippen molar-refractivity contribution < 1.29 is 0 Å². The minimum Gasteiger partial charge on any atom is -0.316 e. The van der Waals surface area contributed by atoms with E-state index in [0.717, 1.165) is 19.5 Å². The van der Waals surface area contributed by atoms with E-state index in [2.05, 4.69) is 68.6 Å². The van der Waals surface area contributed by atoms with Gasteiger partial charge in [0.1, 0.15) is 0 Å². The molecule has 0 saturated carbocycles. The molecule has 94 valence electrons. The summed E-state index contributed by atoms with van der Waals surface area (Å²) in [4.78, 5) is 0. The van der Waals surface area contributed by atoms with Gasteiger partial charge in [0.15, 0.2) is 0 Å². The van der Waals surface area contributed by atoms with Gasteiger partial charge in [0.25, 0.3) is 0 Å². The second kappa shape index (κ2) is 8.08. The average Bonchev–Trinajstić information content (AvgIpc) is 2.34. The Hall–Kier alpha value is -1.08. The molecular weight excluding hydrogens is 206 g/mol. The second-order valence-corrected chi connectivity index (χ2v) is 4.82. The van der Waals surface area contributed by atoms with Crippen LogP contribution in [0.25, 0.3) is 0 Å². The van der Waals surface area contributed by atoms with Crippen molar-refractivity contribution in [3.63, 3.8) is 0 Å². The van der Waals surface area contributed by atoms with Gasteiger partial charge in [-0.15, -0.1) is 0 Å². The molecule has 1 nitrogen and oxygen atoms in total. The van der Waals surface area contributed by atoms with Gasteiger partial charge in [0, 0.05) is 6.54 Å². The Morgan fingerprint density at radius 3 is 2.47 bits per heavy atom. The largest absolute Gasteiger partial charge is 0.316 e. The lowest BCUT2D eigenvalue weighted by molar-refractivity contribution is 0.464. The van der Waals surface area contributed by atoms with Gasteiger partial charge < -0.3 is 5.32 Å². The van der Waals surface area contributed by atoms with Crippen LogP contribution in [0, 0.1) is 5.92 Å². The van der Waals surface area contributed by atoms with Gasteiger partial charge in [-0.2, -0.15) is 0 Å². The smallest absolute Gasteiger partial charge is 0.00227 e. The standard InChI is InChI=1S/C16H25N/c1-4-5-9-12-17-13-16(14(2)3)15-10-7-6-8-11-15/h4-8,10-11,14,16-17H,9,12-13H2,1-3H3/b5-4+. The van der Waals surface area contributed by atoms with Gasteiger partial charge in [-0.25, -0.2) is 0 Å². The van der Waals surface area contributed by atoms with E-state index in [1.165, 1.54) is 5.56 Å². The van der Waals surface area contributed by atoms with Crippen LogP contribution in [0.3, 0.4) is 0 Å². The number of benzene rings is 1. The first-order chi connectivity index (χ1) is 8.25. The molecule has 0 saturated heterocycles. The number of hydrogen-bond donors (Lipinski definition) is 1. The highest BCUT2D eigenvalue weighted by Crippen LogP contribution is 2.23. The molecule has 0 bridgehead atoms. The molecule has 0 fully saturated rings. The van der Waals surface area contributed by atoms with Gasteiger partial charge in [-0.1, -0.05) is 56.3 Å². The van der Waals surface area contributed by atoms with E-state index in [1.54, 1.807) is 0 Å². The van der Waals surface area contributed by atoms with Crippen molar-refractivity contribution >= 4 is 0 Å². The summed E-state index contributed by atoms with van der Waals surface area (Å²) >= 11 is 0. The maximum absolute atomic E-state index is 3.55. The van der Waals surface area contributed by atoms with E-state index in [0.29, 0.717) is 11.8 Å². The SMILES string of the molecule is C/C=C/CCNCC(c1ccccc1)C(C)C. The van der Waals surface area contributed by atoms with Crippen molar-refractivity contribution in [1.82, 2.24) is 5.32 Å². The minimum atomic E-state index is 0.613. The molecule has 0 aliphatic heterocycles. The second-order valence-electron chi connectivity index (χ2n) is 4.82. The van der Waals surface area contributed by atoms with Crippen LogP contribution in [0.1, 0.15) is 38.7 Å². The number of allylic oxidation sites excluding steroid dienone is 1. The van der Waals surface area contributed by atoms with Crippen molar-refractivity contribution in [1.29, 1.82) is 0 Å². The predicted molar refractivity (Wildman–Crippen MR) is 76.3 cm³/mol. The summed E-state index contributed by atoms with van der Waals surface area (Å²) in [6.07, 6.45) is 5.44. The molecule has 0 aliphatic rings. The van der Waals surface area contributed by atoms with Crippen molar-refractivity contribution in [3.8, 4) is 0 Å². The fourth-order valence-corrected chi connectivity index (χ4v) is 2.05. The average molecular weight is 231 g/mol. The summed E-state index contributed by atoms with van der Waals surface area (Å²) in [7, 11) is 0. The van der Waals surface area contributed by atoms with E-state index >= 15 is 0 Å². The van der Waals surface area contributed by atoms with E-state index in [9.17, 15) is 0 Å². The number of nitrogens with one attached hydrogen (secondary N) is 1. The van der Waals surface area contributed by atoms with E-state index in [-0.39, 0.29) is 0 Å². The predicted octanol–water partition coefficient (Wildman–Crippen LogP) is 3.98. The van der Waals surface area contributed by atoms with Crippen LogP contribution in [0.5, 0.6) is 0 Å². The first-order valence-electron chi connectivity index (χ1n) is 6.62. The Morgan fingerprint density at radius 2 is 1.88 bits per heavy atom. The van der Waals surface area contributed by atoms with Crippen LogP contribution in [0.4, 0.5) is 0 Å². The van der Waals surface area contributed by atoms with Gasteiger partial charge in [0.05, 0.1) is 0 Å². The van der Waals surface area contributed by atoms with Crippen molar-refractivity contribution in [2.45, 2.75) is 33.1 Å². The molecule has 0 aromatic heterocycles. The summed E-state index contributed by atoms with van der Waals surface area (Å²) < 4.78 is 0. The van der Waals surface area contributed by atoms with Crippen LogP contribution in [-0.2, 0) is 0 Å². The Bertz CT molecular complexity index is 314. The van der Waals surface area contributed by atoms with Crippen molar-refractivity contribution in [2.75, 3.05) is 13.1 Å². The molecule has 0 aliphatic carbocycles. The molecule has 0 amide bonds. The maximum atomic E-state index is 3.55. The van der Waals surface area contributed by atoms with Crippen LogP contribution < -0.4 is 5.32 Å². The highest BCUT2D eigenvalue weighted by molar-refractivity contribution is 5.20. The Kier molecular flexibility index (Phi) is 6.64. The number of hydrogen-bond acceptors (Lipinski definition) is 1. The molecule has 1 unspecified atom stereocenters. The summed E-state index contributed by atoms with van der Waals surface area (Å²) in [6, 6.07) is 10.8. The lowest BCUT2D eigenvalue weighted by atomic mass is 9.88. The molecule has 1 rings (SSSR count). The first-order valence-corrected chi connectivity index (χ1v) is 6.62. The van der Waals surface area contributed by atoms with Crippen LogP contribution >= 0.6 is 0 Å².